The van der Waals surface area contributed by atoms with Crippen molar-refractivity contribution in [1.29, 1.82) is 0 Å². The van der Waals surface area contributed by atoms with Gasteiger partial charge in [-0.15, -0.1) is 0 Å². The molecule has 1 amide bonds. The molecule has 0 saturated carbocycles. The second kappa shape index (κ2) is 2.99. The van der Waals surface area contributed by atoms with Gasteiger partial charge in [0.25, 0.3) is 0 Å². The Kier molecular flexibility index (Phi) is 1.93. The molecule has 0 aliphatic carbocycles. The van der Waals surface area contributed by atoms with Gasteiger partial charge in [-0.05, 0) is 30.2 Å². The minimum atomic E-state index is -0.206. The molecule has 0 saturated heterocycles. The van der Waals surface area contributed by atoms with E-state index in [4.69, 9.17) is 5.84 Å². The number of anilines is 1. The number of nitrogens with zero attached hydrogens (tertiary/aromatic N) is 1. The molecule has 74 valence electrons. The lowest BCUT2D eigenvalue weighted by Gasteiger charge is -2.08. The number of phenols is 1. The van der Waals surface area contributed by atoms with E-state index in [1.165, 1.54) is 6.07 Å². The van der Waals surface area contributed by atoms with Gasteiger partial charge in [0.1, 0.15) is 5.75 Å². The van der Waals surface area contributed by atoms with Gasteiger partial charge in [0.2, 0.25) is 5.91 Å². The Labute approximate surface area is 81.9 Å². The van der Waals surface area contributed by atoms with Gasteiger partial charge in [-0.1, -0.05) is 6.92 Å². The molecule has 1 unspecified atom stereocenters. The number of carbonyl (C=O) groups is 1. The largest absolute Gasteiger partial charge is 0.508 e. The quantitative estimate of drug-likeness (QED) is 0.517. The Morgan fingerprint density at radius 3 is 2.93 bits per heavy atom. The van der Waals surface area contributed by atoms with E-state index in [9.17, 15) is 9.90 Å². The molecular weight excluding hydrogens is 180 g/mol. The molecule has 3 N–H and O–H groups in total. The highest BCUT2D eigenvalue weighted by Crippen LogP contribution is 2.38. The summed E-state index contributed by atoms with van der Waals surface area (Å²) in [4.78, 5) is 11.6. The van der Waals surface area contributed by atoms with Gasteiger partial charge in [-0.25, -0.2) is 10.9 Å². The molecule has 1 aliphatic rings. The Hall–Kier alpha value is -1.55. The van der Waals surface area contributed by atoms with Gasteiger partial charge in [0.15, 0.2) is 0 Å². The van der Waals surface area contributed by atoms with Gasteiger partial charge >= 0.3 is 0 Å². The second-order valence-electron chi connectivity index (χ2n) is 3.41. The Bertz CT molecular complexity index is 390. The molecule has 2 rings (SSSR count). The fraction of sp³-hybridized carbons (Fsp3) is 0.300. The molecule has 1 aromatic rings. The van der Waals surface area contributed by atoms with Crippen molar-refractivity contribution in [2.75, 3.05) is 5.01 Å². The third-order valence-electron chi connectivity index (χ3n) is 2.59. The van der Waals surface area contributed by atoms with E-state index in [2.05, 4.69) is 0 Å². The lowest BCUT2D eigenvalue weighted by Crippen LogP contribution is -2.35. The molecule has 1 atom stereocenters. The van der Waals surface area contributed by atoms with Crippen molar-refractivity contribution in [1.82, 2.24) is 0 Å². The van der Waals surface area contributed by atoms with Gasteiger partial charge in [-0.2, -0.15) is 0 Å². The van der Waals surface area contributed by atoms with Crippen molar-refractivity contribution in [2.45, 2.75) is 19.3 Å². The number of phenolic OH excluding ortho intramolecular Hbond substituents is 1. The Morgan fingerprint density at radius 1 is 1.57 bits per heavy atom. The number of hydrogen-bond donors (Lipinski definition) is 2. The Balaban J connectivity index is 2.56. The predicted octanol–water partition coefficient (Wildman–Crippen LogP) is 1.11. The zero-order valence-electron chi connectivity index (χ0n) is 7.90. The van der Waals surface area contributed by atoms with Crippen LogP contribution in [-0.2, 0) is 4.79 Å². The third-order valence-corrected chi connectivity index (χ3v) is 2.59. The van der Waals surface area contributed by atoms with Crippen LogP contribution in [-0.4, -0.2) is 11.0 Å². The summed E-state index contributed by atoms with van der Waals surface area (Å²) in [5.41, 5.74) is 1.51. The van der Waals surface area contributed by atoms with E-state index in [-0.39, 0.29) is 17.6 Å². The van der Waals surface area contributed by atoms with Gasteiger partial charge in [0.05, 0.1) is 11.6 Å². The smallest absolute Gasteiger partial charge is 0.248 e. The molecule has 1 heterocycles. The first-order valence-corrected chi connectivity index (χ1v) is 4.56. The van der Waals surface area contributed by atoms with E-state index >= 15 is 0 Å². The number of amides is 1. The Morgan fingerprint density at radius 2 is 2.29 bits per heavy atom. The topological polar surface area (TPSA) is 66.6 Å². The summed E-state index contributed by atoms with van der Waals surface area (Å²) >= 11 is 0. The van der Waals surface area contributed by atoms with Crippen LogP contribution in [0, 0.1) is 0 Å². The molecule has 0 fully saturated rings. The minimum absolute atomic E-state index is 0.104. The van der Waals surface area contributed by atoms with Crippen LogP contribution >= 0.6 is 0 Å². The molecule has 4 nitrogen and oxygen atoms in total. The van der Waals surface area contributed by atoms with Crippen LogP contribution in [0.2, 0.25) is 0 Å². The summed E-state index contributed by atoms with van der Waals surface area (Å²) in [7, 11) is 0. The van der Waals surface area contributed by atoms with E-state index in [0.29, 0.717) is 12.1 Å². The highest BCUT2D eigenvalue weighted by Gasteiger charge is 2.34. The molecule has 0 bridgehead atoms. The summed E-state index contributed by atoms with van der Waals surface area (Å²) in [5.74, 6) is 5.47. The number of hydrazine groups is 1. The zero-order valence-corrected chi connectivity index (χ0v) is 7.90. The van der Waals surface area contributed by atoms with Gasteiger partial charge in [-0.3, -0.25) is 4.79 Å². The molecule has 1 aliphatic heterocycles. The summed E-state index contributed by atoms with van der Waals surface area (Å²) in [6, 6.07) is 4.80. The van der Waals surface area contributed by atoms with Gasteiger partial charge in [0, 0.05) is 0 Å². The van der Waals surface area contributed by atoms with E-state index < -0.39 is 0 Å². The molecule has 0 spiro atoms. The average Bonchev–Trinajstić information content (AvgIpc) is 2.39. The van der Waals surface area contributed by atoms with E-state index in [0.717, 1.165) is 10.6 Å². The molecule has 0 radical (unpaired) electrons. The number of rotatable bonds is 1. The fourth-order valence-corrected chi connectivity index (χ4v) is 1.85. The second-order valence-corrected chi connectivity index (χ2v) is 3.41. The predicted molar refractivity (Wildman–Crippen MR) is 52.8 cm³/mol. The van der Waals surface area contributed by atoms with Crippen LogP contribution in [0.1, 0.15) is 24.8 Å². The average molecular weight is 192 g/mol. The number of carbonyl (C=O) groups excluding carboxylic acids is 1. The first-order valence-electron chi connectivity index (χ1n) is 4.56. The fourth-order valence-electron chi connectivity index (χ4n) is 1.85. The summed E-state index contributed by atoms with van der Waals surface area (Å²) in [5, 5.41) is 10.5. The van der Waals surface area contributed by atoms with E-state index in [1.54, 1.807) is 12.1 Å². The standard InChI is InChI=1S/C10H12N2O2/c1-2-7-8-5-6(13)3-4-9(8)12(11)10(7)14/h3-5,7,13H,2,11H2,1H3. The highest BCUT2D eigenvalue weighted by atomic mass is 16.3. The van der Waals surface area contributed by atoms with Crippen molar-refractivity contribution >= 4 is 11.6 Å². The lowest BCUT2D eigenvalue weighted by atomic mass is 9.98. The number of benzene rings is 1. The first kappa shape index (κ1) is 9.02. The maximum Gasteiger partial charge on any atom is 0.248 e. The normalized spacial score (nSPS) is 20.0. The van der Waals surface area contributed by atoms with Crippen molar-refractivity contribution < 1.29 is 9.90 Å². The van der Waals surface area contributed by atoms with Crippen LogP contribution in [0.15, 0.2) is 18.2 Å². The molecule has 1 aromatic carbocycles. The maximum absolute atomic E-state index is 11.6. The van der Waals surface area contributed by atoms with Crippen LogP contribution < -0.4 is 10.9 Å². The number of fused-ring (bicyclic) bond motifs is 1. The first-order chi connectivity index (χ1) is 6.65. The maximum atomic E-state index is 11.6. The molecule has 4 heteroatoms. The summed E-state index contributed by atoms with van der Waals surface area (Å²) in [6.45, 7) is 1.93. The van der Waals surface area contributed by atoms with Crippen molar-refractivity contribution in [3.63, 3.8) is 0 Å². The highest BCUT2D eigenvalue weighted by molar-refractivity contribution is 6.04. The van der Waals surface area contributed by atoms with Crippen molar-refractivity contribution in [3.05, 3.63) is 23.8 Å². The summed E-state index contributed by atoms with van der Waals surface area (Å²) in [6.07, 6.45) is 0.697. The monoisotopic (exact) mass is 192 g/mol. The molecule has 14 heavy (non-hydrogen) atoms. The van der Waals surface area contributed by atoms with Crippen LogP contribution in [0.4, 0.5) is 5.69 Å². The van der Waals surface area contributed by atoms with Crippen LogP contribution in [0.25, 0.3) is 0 Å². The van der Waals surface area contributed by atoms with Crippen LogP contribution in [0.5, 0.6) is 5.75 Å². The van der Waals surface area contributed by atoms with Gasteiger partial charge < -0.3 is 5.11 Å². The number of nitrogens with two attached hydrogens (primary N) is 1. The summed E-state index contributed by atoms with van der Waals surface area (Å²) < 4.78 is 0. The van der Waals surface area contributed by atoms with Crippen LogP contribution in [0.3, 0.4) is 0 Å². The number of hydrogen-bond acceptors (Lipinski definition) is 3. The zero-order chi connectivity index (χ0) is 10.3. The van der Waals surface area contributed by atoms with E-state index in [1.807, 2.05) is 6.92 Å². The minimum Gasteiger partial charge on any atom is -0.508 e. The SMILES string of the molecule is CCC1C(=O)N(N)c2ccc(O)cc21. The molecular formula is C10H12N2O2. The lowest BCUT2D eigenvalue weighted by molar-refractivity contribution is -0.119. The van der Waals surface area contributed by atoms with Crippen molar-refractivity contribution in [3.8, 4) is 5.75 Å². The third kappa shape index (κ3) is 1.08. The number of aromatic hydroxyl groups is 1. The molecule has 0 aromatic heterocycles. The van der Waals surface area contributed by atoms with Crippen molar-refractivity contribution in [2.24, 2.45) is 5.84 Å².